The highest BCUT2D eigenvalue weighted by molar-refractivity contribution is 5.03. The first-order valence-electron chi connectivity index (χ1n) is 5.87. The number of rotatable bonds is 6. The molecular weight excluding hydrogens is 200 g/mol. The molecule has 1 rings (SSSR count). The Balaban J connectivity index is 2.57. The third-order valence-electron chi connectivity index (χ3n) is 2.94. The van der Waals surface area contributed by atoms with Crippen molar-refractivity contribution >= 4 is 0 Å². The average molecular weight is 224 g/mol. The lowest BCUT2D eigenvalue weighted by Crippen LogP contribution is -2.42. The highest BCUT2D eigenvalue weighted by atomic mass is 15.2. The molecule has 0 aliphatic heterocycles. The van der Waals surface area contributed by atoms with Gasteiger partial charge in [-0.05, 0) is 20.0 Å². The van der Waals surface area contributed by atoms with Gasteiger partial charge in [-0.3, -0.25) is 9.58 Å². The minimum absolute atomic E-state index is 0.560. The lowest BCUT2D eigenvalue weighted by molar-refractivity contribution is 0.182. The van der Waals surface area contributed by atoms with E-state index in [-0.39, 0.29) is 0 Å². The maximum absolute atomic E-state index is 4.19. The van der Waals surface area contributed by atoms with Gasteiger partial charge in [0.25, 0.3) is 0 Å². The first-order valence-corrected chi connectivity index (χ1v) is 5.87. The van der Waals surface area contributed by atoms with E-state index in [0.29, 0.717) is 12.0 Å². The van der Waals surface area contributed by atoms with Crippen molar-refractivity contribution in [1.82, 2.24) is 20.0 Å². The highest BCUT2D eigenvalue weighted by Gasteiger charge is 2.18. The van der Waals surface area contributed by atoms with Crippen LogP contribution >= 0.6 is 0 Å². The number of nitrogens with zero attached hydrogens (tertiary/aromatic N) is 3. The number of nitrogens with one attached hydrogen (secondary N) is 1. The van der Waals surface area contributed by atoms with Crippen molar-refractivity contribution in [1.29, 1.82) is 0 Å². The summed E-state index contributed by atoms with van der Waals surface area (Å²) in [7, 11) is 6.14. The van der Waals surface area contributed by atoms with Gasteiger partial charge in [0.15, 0.2) is 0 Å². The summed E-state index contributed by atoms with van der Waals surface area (Å²) in [5, 5.41) is 7.45. The Morgan fingerprint density at radius 2 is 2.19 bits per heavy atom. The summed E-state index contributed by atoms with van der Waals surface area (Å²) >= 11 is 0. The van der Waals surface area contributed by atoms with Crippen LogP contribution in [0, 0.1) is 5.92 Å². The van der Waals surface area contributed by atoms with Crippen LogP contribution in [0.4, 0.5) is 0 Å². The van der Waals surface area contributed by atoms with E-state index in [1.807, 2.05) is 25.0 Å². The predicted octanol–water partition coefficient (Wildman–Crippen LogP) is 1.10. The minimum Gasteiger partial charge on any atom is -0.318 e. The van der Waals surface area contributed by atoms with Gasteiger partial charge in [0.1, 0.15) is 0 Å². The summed E-state index contributed by atoms with van der Waals surface area (Å²) in [5.41, 5.74) is 1.27. The molecule has 0 aliphatic rings. The van der Waals surface area contributed by atoms with Crippen molar-refractivity contribution in [2.45, 2.75) is 26.4 Å². The fourth-order valence-electron chi connectivity index (χ4n) is 2.07. The molecule has 0 saturated heterocycles. The van der Waals surface area contributed by atoms with Gasteiger partial charge in [-0.1, -0.05) is 13.8 Å². The van der Waals surface area contributed by atoms with Gasteiger partial charge < -0.3 is 5.32 Å². The molecule has 0 saturated carbocycles. The summed E-state index contributed by atoms with van der Waals surface area (Å²) < 4.78 is 1.85. The topological polar surface area (TPSA) is 33.1 Å². The van der Waals surface area contributed by atoms with Gasteiger partial charge >= 0.3 is 0 Å². The third-order valence-corrected chi connectivity index (χ3v) is 2.94. The summed E-state index contributed by atoms with van der Waals surface area (Å²) in [4.78, 5) is 2.39. The molecule has 0 aromatic carbocycles. The molecule has 4 heteroatoms. The standard InChI is InChI=1S/C12H24N4/c1-10(2)12(7-13-3)15(4)8-11-6-14-16(5)9-11/h6,9-10,12-13H,7-8H2,1-5H3. The Labute approximate surface area is 98.6 Å². The maximum Gasteiger partial charge on any atom is 0.0534 e. The molecule has 1 unspecified atom stereocenters. The van der Waals surface area contributed by atoms with Gasteiger partial charge in [-0.15, -0.1) is 0 Å². The molecule has 1 atom stereocenters. The molecule has 1 N–H and O–H groups in total. The number of aryl methyl sites for hydroxylation is 1. The van der Waals surface area contributed by atoms with Crippen molar-refractivity contribution in [2.75, 3.05) is 20.6 Å². The molecule has 4 nitrogen and oxygen atoms in total. The Hall–Kier alpha value is -0.870. The molecule has 16 heavy (non-hydrogen) atoms. The Morgan fingerprint density at radius 3 is 2.62 bits per heavy atom. The smallest absolute Gasteiger partial charge is 0.0534 e. The SMILES string of the molecule is CNCC(C(C)C)N(C)Cc1cnn(C)c1. The lowest BCUT2D eigenvalue weighted by atomic mass is 10.0. The second-order valence-corrected chi connectivity index (χ2v) is 4.81. The van der Waals surface area contributed by atoms with Crippen LogP contribution in [0.15, 0.2) is 12.4 Å². The molecule has 92 valence electrons. The van der Waals surface area contributed by atoms with Crippen molar-refractivity contribution in [3.8, 4) is 0 Å². The Bertz CT molecular complexity index is 306. The fraction of sp³-hybridized carbons (Fsp3) is 0.750. The Kier molecular flexibility index (Phi) is 4.96. The number of hydrogen-bond donors (Lipinski definition) is 1. The fourth-order valence-corrected chi connectivity index (χ4v) is 2.07. The van der Waals surface area contributed by atoms with Crippen molar-refractivity contribution in [3.63, 3.8) is 0 Å². The molecule has 1 heterocycles. The van der Waals surface area contributed by atoms with E-state index in [1.165, 1.54) is 5.56 Å². The van der Waals surface area contributed by atoms with Gasteiger partial charge in [0.05, 0.1) is 6.20 Å². The second-order valence-electron chi connectivity index (χ2n) is 4.81. The molecule has 0 bridgehead atoms. The maximum atomic E-state index is 4.19. The average Bonchev–Trinajstić information content (AvgIpc) is 2.59. The summed E-state index contributed by atoms with van der Waals surface area (Å²) in [6.07, 6.45) is 4.01. The monoisotopic (exact) mass is 224 g/mol. The largest absolute Gasteiger partial charge is 0.318 e. The van der Waals surface area contributed by atoms with Crippen LogP contribution in [0.5, 0.6) is 0 Å². The van der Waals surface area contributed by atoms with E-state index in [0.717, 1.165) is 13.1 Å². The van der Waals surface area contributed by atoms with E-state index >= 15 is 0 Å². The molecule has 0 fully saturated rings. The molecule has 1 aromatic heterocycles. The second kappa shape index (κ2) is 6.01. The van der Waals surface area contributed by atoms with E-state index in [1.54, 1.807) is 0 Å². The van der Waals surface area contributed by atoms with E-state index in [4.69, 9.17) is 0 Å². The molecule has 0 aliphatic carbocycles. The van der Waals surface area contributed by atoms with Crippen LogP contribution in [-0.2, 0) is 13.6 Å². The molecule has 0 spiro atoms. The first kappa shape index (κ1) is 13.2. The number of hydrogen-bond acceptors (Lipinski definition) is 3. The van der Waals surface area contributed by atoms with Crippen LogP contribution in [0.25, 0.3) is 0 Å². The van der Waals surface area contributed by atoms with E-state index in [2.05, 4.69) is 42.4 Å². The van der Waals surface area contributed by atoms with Crippen LogP contribution in [0.3, 0.4) is 0 Å². The van der Waals surface area contributed by atoms with Gasteiger partial charge in [0.2, 0.25) is 0 Å². The predicted molar refractivity (Wildman–Crippen MR) is 67.2 cm³/mol. The molecule has 1 aromatic rings. The number of likely N-dealkylation sites (N-methyl/N-ethyl adjacent to an activating group) is 2. The van der Waals surface area contributed by atoms with E-state index in [9.17, 15) is 0 Å². The highest BCUT2D eigenvalue weighted by Crippen LogP contribution is 2.11. The molecule has 0 radical (unpaired) electrons. The summed E-state index contributed by atoms with van der Waals surface area (Å²) in [6.45, 7) is 6.51. The minimum atomic E-state index is 0.560. The molecular formula is C12H24N4. The zero-order valence-corrected chi connectivity index (χ0v) is 11.1. The van der Waals surface area contributed by atoms with Crippen molar-refractivity contribution in [3.05, 3.63) is 18.0 Å². The third kappa shape index (κ3) is 3.61. The summed E-state index contributed by atoms with van der Waals surface area (Å²) in [6, 6.07) is 0.560. The van der Waals surface area contributed by atoms with Crippen LogP contribution < -0.4 is 5.32 Å². The zero-order chi connectivity index (χ0) is 12.1. The van der Waals surface area contributed by atoms with Gasteiger partial charge in [-0.2, -0.15) is 5.10 Å². The number of aromatic nitrogens is 2. The quantitative estimate of drug-likeness (QED) is 0.785. The summed E-state index contributed by atoms with van der Waals surface area (Å²) in [5.74, 6) is 0.647. The van der Waals surface area contributed by atoms with Crippen molar-refractivity contribution < 1.29 is 0 Å². The zero-order valence-electron chi connectivity index (χ0n) is 11.1. The Morgan fingerprint density at radius 1 is 1.50 bits per heavy atom. The molecule has 0 amide bonds. The van der Waals surface area contributed by atoms with Crippen LogP contribution in [-0.4, -0.2) is 41.4 Å². The normalized spacial score (nSPS) is 13.7. The van der Waals surface area contributed by atoms with Gasteiger partial charge in [-0.25, -0.2) is 0 Å². The first-order chi connectivity index (χ1) is 7.54. The van der Waals surface area contributed by atoms with E-state index < -0.39 is 0 Å². The van der Waals surface area contributed by atoms with Crippen LogP contribution in [0.1, 0.15) is 19.4 Å². The van der Waals surface area contributed by atoms with Gasteiger partial charge in [0, 0.05) is 37.9 Å². The van der Waals surface area contributed by atoms with Crippen molar-refractivity contribution in [2.24, 2.45) is 13.0 Å². The lowest BCUT2D eigenvalue weighted by Gasteiger charge is -2.30. The van der Waals surface area contributed by atoms with Crippen LogP contribution in [0.2, 0.25) is 0 Å².